The molecule has 0 saturated heterocycles. The van der Waals surface area contributed by atoms with Crippen LogP contribution in [0, 0.1) is 0 Å². The fraction of sp³-hybridized carbons (Fsp3) is 0.0625. The van der Waals surface area contributed by atoms with Gasteiger partial charge >= 0.3 is 13.8 Å². The lowest BCUT2D eigenvalue weighted by Crippen LogP contribution is -2.37. The molecule has 1 aliphatic heterocycles. The summed E-state index contributed by atoms with van der Waals surface area (Å²) in [6.07, 6.45) is 3.75. The van der Waals surface area contributed by atoms with Crippen LogP contribution in [0.1, 0.15) is 11.1 Å². The van der Waals surface area contributed by atoms with E-state index in [4.69, 9.17) is 0 Å². The highest BCUT2D eigenvalue weighted by atomic mass is 31.2. The molecule has 0 aromatic heterocycles. The zero-order valence-electron chi connectivity index (χ0n) is 12.3. The second-order valence-electron chi connectivity index (χ2n) is 5.11. The topological polar surface area (TPSA) is 81.1 Å². The number of hydrogen-bond donors (Lipinski definition) is 2. The maximum absolute atomic E-state index is 12.8. The Morgan fingerprint density at radius 2 is 1.39 bits per heavy atom. The Morgan fingerprint density at radius 3 is 1.83 bits per heavy atom. The SMILES string of the molecule is CN(C(=O)N1c2ccccc2C=Cc2ccccc21)P(=O)(O)O. The number of benzene rings is 2. The molecule has 0 bridgehead atoms. The van der Waals surface area contributed by atoms with Crippen LogP contribution in [0.3, 0.4) is 0 Å². The van der Waals surface area contributed by atoms with Crippen LogP contribution < -0.4 is 4.90 Å². The molecule has 0 spiro atoms. The predicted octanol–water partition coefficient (Wildman–Crippen LogP) is 3.45. The summed E-state index contributed by atoms with van der Waals surface area (Å²) in [5.41, 5.74) is 2.71. The van der Waals surface area contributed by atoms with Gasteiger partial charge in [0, 0.05) is 7.05 Å². The Morgan fingerprint density at radius 1 is 0.957 bits per heavy atom. The van der Waals surface area contributed by atoms with E-state index >= 15 is 0 Å². The van der Waals surface area contributed by atoms with E-state index in [0.717, 1.165) is 18.2 Å². The fourth-order valence-electron chi connectivity index (χ4n) is 2.44. The van der Waals surface area contributed by atoms with Crippen LogP contribution in [-0.2, 0) is 4.57 Å². The van der Waals surface area contributed by atoms with Crippen molar-refractivity contribution >= 4 is 37.3 Å². The van der Waals surface area contributed by atoms with Gasteiger partial charge in [0.1, 0.15) is 0 Å². The van der Waals surface area contributed by atoms with Gasteiger partial charge in [-0.1, -0.05) is 48.6 Å². The minimum atomic E-state index is -4.70. The van der Waals surface area contributed by atoms with Crippen molar-refractivity contribution in [2.45, 2.75) is 0 Å². The summed E-state index contributed by atoms with van der Waals surface area (Å²) in [4.78, 5) is 32.7. The van der Waals surface area contributed by atoms with E-state index in [0.29, 0.717) is 16.0 Å². The first-order valence-corrected chi connectivity index (χ1v) is 8.46. The van der Waals surface area contributed by atoms with Crippen LogP contribution >= 0.6 is 7.75 Å². The van der Waals surface area contributed by atoms with Gasteiger partial charge in [0.25, 0.3) is 0 Å². The number of hydrogen-bond acceptors (Lipinski definition) is 2. The molecule has 0 unspecified atom stereocenters. The molecule has 0 fully saturated rings. The van der Waals surface area contributed by atoms with Crippen molar-refractivity contribution in [1.29, 1.82) is 0 Å². The third-order valence-electron chi connectivity index (χ3n) is 3.66. The molecule has 2 N–H and O–H groups in total. The van der Waals surface area contributed by atoms with Crippen molar-refractivity contribution in [1.82, 2.24) is 4.67 Å². The first kappa shape index (κ1) is 15.5. The molecular weight excluding hydrogens is 315 g/mol. The van der Waals surface area contributed by atoms with E-state index in [2.05, 4.69) is 0 Å². The van der Waals surface area contributed by atoms with Gasteiger partial charge in [-0.2, -0.15) is 0 Å². The Hall–Kier alpha value is -2.40. The lowest BCUT2D eigenvalue weighted by Gasteiger charge is -2.29. The summed E-state index contributed by atoms with van der Waals surface area (Å²) in [5.74, 6) is 0. The van der Waals surface area contributed by atoms with Crippen molar-refractivity contribution in [2.24, 2.45) is 0 Å². The molecule has 3 rings (SSSR count). The smallest absolute Gasteiger partial charge is 0.308 e. The highest BCUT2D eigenvalue weighted by molar-refractivity contribution is 7.49. The molecule has 0 atom stereocenters. The Balaban J connectivity index is 2.21. The monoisotopic (exact) mass is 330 g/mol. The van der Waals surface area contributed by atoms with Crippen molar-refractivity contribution in [2.75, 3.05) is 11.9 Å². The lowest BCUT2D eigenvalue weighted by atomic mass is 10.1. The summed E-state index contributed by atoms with van der Waals surface area (Å²) < 4.78 is 11.9. The Labute approximate surface area is 133 Å². The highest BCUT2D eigenvalue weighted by Gasteiger charge is 2.33. The zero-order valence-corrected chi connectivity index (χ0v) is 13.2. The predicted molar refractivity (Wildman–Crippen MR) is 89.2 cm³/mol. The van der Waals surface area contributed by atoms with Gasteiger partial charge in [-0.15, -0.1) is 0 Å². The van der Waals surface area contributed by atoms with E-state index in [1.54, 1.807) is 24.3 Å². The minimum absolute atomic E-state index is 0.450. The minimum Gasteiger partial charge on any atom is -0.308 e. The molecule has 7 heteroatoms. The van der Waals surface area contributed by atoms with E-state index in [1.165, 1.54) is 4.90 Å². The van der Waals surface area contributed by atoms with Crippen LogP contribution in [0.2, 0.25) is 0 Å². The Kier molecular flexibility index (Phi) is 3.82. The molecular formula is C16H15N2O4P. The second-order valence-corrected chi connectivity index (χ2v) is 6.73. The van der Waals surface area contributed by atoms with E-state index in [1.807, 2.05) is 36.4 Å². The first-order chi connectivity index (χ1) is 10.9. The van der Waals surface area contributed by atoms with Gasteiger partial charge in [0.2, 0.25) is 0 Å². The molecule has 2 amide bonds. The lowest BCUT2D eigenvalue weighted by molar-refractivity contribution is 0.224. The molecule has 0 aliphatic carbocycles. The van der Waals surface area contributed by atoms with E-state index in [9.17, 15) is 19.1 Å². The van der Waals surface area contributed by atoms with Crippen molar-refractivity contribution < 1.29 is 19.1 Å². The van der Waals surface area contributed by atoms with Crippen molar-refractivity contribution in [3.63, 3.8) is 0 Å². The summed E-state index contributed by atoms with van der Waals surface area (Å²) in [6, 6.07) is 13.6. The van der Waals surface area contributed by atoms with Crippen LogP contribution in [0.4, 0.5) is 16.2 Å². The number of urea groups is 1. The van der Waals surface area contributed by atoms with Gasteiger partial charge in [-0.3, -0.25) is 4.90 Å². The number of amides is 2. The number of nitrogens with zero attached hydrogens (tertiary/aromatic N) is 2. The van der Waals surface area contributed by atoms with Gasteiger partial charge in [-0.05, 0) is 23.3 Å². The van der Waals surface area contributed by atoms with Crippen LogP contribution in [0.15, 0.2) is 48.5 Å². The maximum Gasteiger partial charge on any atom is 0.433 e. The highest BCUT2D eigenvalue weighted by Crippen LogP contribution is 2.43. The fourth-order valence-corrected chi connectivity index (χ4v) is 2.75. The number of para-hydroxylation sites is 2. The molecule has 118 valence electrons. The number of carbonyl (C=O) groups excluding carboxylic acids is 1. The third-order valence-corrected chi connectivity index (χ3v) is 4.61. The molecule has 2 aromatic rings. The molecule has 0 saturated carbocycles. The van der Waals surface area contributed by atoms with E-state index in [-0.39, 0.29) is 0 Å². The molecule has 6 nitrogen and oxygen atoms in total. The average molecular weight is 330 g/mol. The maximum atomic E-state index is 12.8. The van der Waals surface area contributed by atoms with E-state index < -0.39 is 13.8 Å². The molecule has 23 heavy (non-hydrogen) atoms. The number of fused-ring (bicyclic) bond motifs is 2. The van der Waals surface area contributed by atoms with Gasteiger partial charge in [-0.25, -0.2) is 14.0 Å². The molecule has 2 aromatic carbocycles. The van der Waals surface area contributed by atoms with Crippen LogP contribution in [0.25, 0.3) is 12.2 Å². The normalized spacial score (nSPS) is 13.1. The summed E-state index contributed by atoms with van der Waals surface area (Å²) >= 11 is 0. The van der Waals surface area contributed by atoms with Crippen molar-refractivity contribution in [3.05, 3.63) is 59.7 Å². The van der Waals surface area contributed by atoms with Gasteiger partial charge < -0.3 is 9.79 Å². The molecule has 1 heterocycles. The summed E-state index contributed by atoms with van der Waals surface area (Å²) in [6.45, 7) is 0. The van der Waals surface area contributed by atoms with Gasteiger partial charge in [0.15, 0.2) is 0 Å². The third kappa shape index (κ3) is 2.80. The number of carbonyl (C=O) groups is 1. The quantitative estimate of drug-likeness (QED) is 0.785. The largest absolute Gasteiger partial charge is 0.433 e. The number of anilines is 2. The standard InChI is InChI=1S/C16H15N2O4P/c1-17(23(20,21)22)16(19)18-14-8-4-2-6-12(14)10-11-13-7-3-5-9-15(13)18/h2-11H,1H3,(H2,20,21,22). The Bertz CT molecular complexity index is 794. The summed E-state index contributed by atoms with van der Waals surface area (Å²) in [5, 5.41) is 0. The van der Waals surface area contributed by atoms with Crippen LogP contribution in [-0.4, -0.2) is 27.5 Å². The van der Waals surface area contributed by atoms with Crippen LogP contribution in [0.5, 0.6) is 0 Å². The van der Waals surface area contributed by atoms with Gasteiger partial charge in [0.05, 0.1) is 11.4 Å². The molecule has 0 radical (unpaired) electrons. The zero-order chi connectivity index (χ0) is 16.6. The van der Waals surface area contributed by atoms with Crippen molar-refractivity contribution in [3.8, 4) is 0 Å². The second kappa shape index (κ2) is 5.66. The summed E-state index contributed by atoms with van der Waals surface area (Å²) in [7, 11) is -3.61. The average Bonchev–Trinajstić information content (AvgIpc) is 2.69. The number of rotatable bonds is 1. The first-order valence-electron chi connectivity index (χ1n) is 6.89. The molecule has 1 aliphatic rings.